The normalized spacial score (nSPS) is 27.7. The summed E-state index contributed by atoms with van der Waals surface area (Å²) < 4.78 is 70.4. The smallest absolute Gasteiger partial charge is 0.410 e. The number of anilines is 1. The second-order valence-electron chi connectivity index (χ2n) is 16.0. The van der Waals surface area contributed by atoms with E-state index in [0.717, 1.165) is 18.9 Å². The summed E-state index contributed by atoms with van der Waals surface area (Å²) in [5, 5.41) is 8.27. The second-order valence-corrected chi connectivity index (χ2v) is 17.7. The molecule has 0 unspecified atom stereocenters. The molecular weight excluding hydrogens is 791 g/mol. The Hall–Kier alpha value is -5.26. The van der Waals surface area contributed by atoms with E-state index >= 15 is 4.39 Å². The Morgan fingerprint density at radius 3 is 2.36 bits per heavy atom. The molecule has 318 valence electrons. The highest BCUT2D eigenvalue weighted by molar-refractivity contribution is 7.90. The lowest BCUT2D eigenvalue weighted by atomic mass is 10.0. The summed E-state index contributed by atoms with van der Waals surface area (Å²) >= 11 is 0. The first-order valence-electron chi connectivity index (χ1n) is 20.3. The molecule has 3 fully saturated rings. The fraction of sp³-hybridized carbons (Fsp3) is 0.537. The summed E-state index contributed by atoms with van der Waals surface area (Å²) in [6.07, 6.45) is 4.84. The Morgan fingerprint density at radius 1 is 0.898 bits per heavy atom. The third-order valence-electron chi connectivity index (χ3n) is 12.0. The molecule has 7 rings (SSSR count). The SMILES string of the molecule is C=C[C@@H]1C[C@@]12NC(=O)[C@@H]1C[C@@H](OC(=O)N3Cc4cccc(F)c4C3)CN1C(=O)[C@@H](NC(=O)OC1CCCC1)CCCCCCCNc1c(F)cccc1S(=O)(=O)NC2=O. The topological polar surface area (TPSA) is 193 Å². The van der Waals surface area contributed by atoms with Gasteiger partial charge in [0.2, 0.25) is 11.8 Å². The van der Waals surface area contributed by atoms with Crippen LogP contribution in [0.2, 0.25) is 0 Å². The number of nitrogens with zero attached hydrogens (tertiary/aromatic N) is 2. The van der Waals surface area contributed by atoms with Crippen molar-refractivity contribution in [1.29, 1.82) is 0 Å². The third-order valence-corrected chi connectivity index (χ3v) is 13.4. The molecular formula is C41H50F2N6O9S. The van der Waals surface area contributed by atoms with Gasteiger partial charge in [-0.25, -0.2) is 31.5 Å². The van der Waals surface area contributed by atoms with Crippen LogP contribution in [0, 0.1) is 17.6 Å². The monoisotopic (exact) mass is 840 g/mol. The van der Waals surface area contributed by atoms with Gasteiger partial charge in [0.15, 0.2) is 0 Å². The fourth-order valence-electron chi connectivity index (χ4n) is 8.62. The molecule has 5 atom stereocenters. The second kappa shape index (κ2) is 17.5. The highest BCUT2D eigenvalue weighted by Gasteiger charge is 2.61. The Bertz CT molecular complexity index is 2100. The summed E-state index contributed by atoms with van der Waals surface area (Å²) in [7, 11) is -4.68. The molecule has 3 aliphatic heterocycles. The molecule has 15 nitrogen and oxygen atoms in total. The number of alkyl carbamates (subject to hydrolysis) is 1. The average Bonchev–Trinajstić information content (AvgIpc) is 3.60. The largest absolute Gasteiger partial charge is 0.446 e. The number of carbonyl (C=O) groups is 5. The van der Waals surface area contributed by atoms with E-state index in [1.807, 2.05) is 4.72 Å². The molecule has 4 N–H and O–H groups in total. The van der Waals surface area contributed by atoms with Gasteiger partial charge < -0.3 is 30.3 Å². The van der Waals surface area contributed by atoms with Gasteiger partial charge in [0.25, 0.3) is 15.9 Å². The van der Waals surface area contributed by atoms with Crippen molar-refractivity contribution in [1.82, 2.24) is 25.2 Å². The fourth-order valence-corrected chi connectivity index (χ4v) is 9.85. The van der Waals surface area contributed by atoms with E-state index in [2.05, 4.69) is 22.5 Å². The first-order chi connectivity index (χ1) is 28.3. The number of ether oxygens (including phenoxy) is 2. The minimum Gasteiger partial charge on any atom is -0.446 e. The van der Waals surface area contributed by atoms with Gasteiger partial charge in [-0.05, 0) is 68.7 Å². The van der Waals surface area contributed by atoms with E-state index in [0.29, 0.717) is 56.1 Å². The van der Waals surface area contributed by atoms with E-state index in [1.54, 1.807) is 12.1 Å². The molecule has 0 radical (unpaired) electrons. The lowest BCUT2D eigenvalue weighted by molar-refractivity contribution is -0.141. The number of rotatable bonds is 4. The maximum atomic E-state index is 15.1. The van der Waals surface area contributed by atoms with Crippen LogP contribution < -0.4 is 20.7 Å². The minimum absolute atomic E-state index is 0.0276. The molecule has 2 aromatic carbocycles. The van der Waals surface area contributed by atoms with Crippen LogP contribution in [-0.4, -0.2) is 91.0 Å². The van der Waals surface area contributed by atoms with Gasteiger partial charge >= 0.3 is 12.2 Å². The molecule has 0 aromatic heterocycles. The average molecular weight is 841 g/mol. The van der Waals surface area contributed by atoms with Crippen molar-refractivity contribution in [2.75, 3.05) is 18.4 Å². The van der Waals surface area contributed by atoms with Crippen LogP contribution in [0.25, 0.3) is 0 Å². The van der Waals surface area contributed by atoms with Gasteiger partial charge in [0.1, 0.15) is 46.4 Å². The van der Waals surface area contributed by atoms with Crippen LogP contribution in [0.1, 0.15) is 88.2 Å². The van der Waals surface area contributed by atoms with Gasteiger partial charge in [-0.3, -0.25) is 19.3 Å². The molecule has 1 spiro atoms. The number of fused-ring (bicyclic) bond motifs is 3. The summed E-state index contributed by atoms with van der Waals surface area (Å²) in [6, 6.07) is 5.59. The first-order valence-corrected chi connectivity index (χ1v) is 21.8. The number of para-hydroxylation sites is 1. The van der Waals surface area contributed by atoms with Crippen LogP contribution >= 0.6 is 0 Å². The number of halogens is 2. The predicted octanol–water partition coefficient (Wildman–Crippen LogP) is 4.76. The molecule has 5 amide bonds. The molecule has 2 aliphatic carbocycles. The number of hydrogen-bond acceptors (Lipinski definition) is 10. The molecule has 2 aromatic rings. The number of carbonyl (C=O) groups excluding carboxylic acids is 5. The maximum Gasteiger partial charge on any atom is 0.410 e. The van der Waals surface area contributed by atoms with Crippen LogP contribution in [0.5, 0.6) is 0 Å². The lowest BCUT2D eigenvalue weighted by Crippen LogP contribution is -2.58. The molecule has 5 aliphatic rings. The molecule has 18 heteroatoms. The minimum atomic E-state index is -4.68. The maximum absolute atomic E-state index is 15.1. The number of nitrogens with one attached hydrogen (secondary N) is 4. The van der Waals surface area contributed by atoms with Crippen LogP contribution in [0.4, 0.5) is 24.1 Å². The van der Waals surface area contributed by atoms with E-state index in [4.69, 9.17) is 9.47 Å². The van der Waals surface area contributed by atoms with E-state index in [9.17, 15) is 36.8 Å². The van der Waals surface area contributed by atoms with Gasteiger partial charge in [-0.1, -0.05) is 50.0 Å². The first kappa shape index (κ1) is 41.9. The highest BCUT2D eigenvalue weighted by Crippen LogP contribution is 2.45. The van der Waals surface area contributed by atoms with Crippen molar-refractivity contribution in [2.45, 2.75) is 125 Å². The molecule has 2 saturated carbocycles. The molecule has 3 heterocycles. The zero-order chi connectivity index (χ0) is 41.9. The quantitative estimate of drug-likeness (QED) is 0.313. The van der Waals surface area contributed by atoms with Gasteiger partial charge in [0, 0.05) is 31.0 Å². The van der Waals surface area contributed by atoms with E-state index < -0.39 is 86.1 Å². The zero-order valence-electron chi connectivity index (χ0n) is 32.7. The highest BCUT2D eigenvalue weighted by atomic mass is 32.2. The van der Waals surface area contributed by atoms with Gasteiger partial charge in [-0.15, -0.1) is 6.58 Å². The Balaban J connectivity index is 1.16. The lowest BCUT2D eigenvalue weighted by Gasteiger charge is -2.30. The number of benzene rings is 2. The Morgan fingerprint density at radius 2 is 1.61 bits per heavy atom. The zero-order valence-corrected chi connectivity index (χ0v) is 33.5. The van der Waals surface area contributed by atoms with Crippen molar-refractivity contribution < 1.29 is 50.6 Å². The standard InChI is InChI=1S/C41H50F2N6O9S/c1-2-26-21-41(26)38(52)47-59(55,56)34-18-11-16-31(43)35(34)44-19-9-5-3-4-6-17-32(45-39(53)57-27-13-7-8-14-27)37(51)49-23-28(20-33(49)36(50)46-41)58-40(54)48-22-25-12-10-15-30(42)29(25)24-48/h2,10-12,15-16,18,26-28,32-33,44H,1,3-9,13-14,17,19-24H2,(H,45,53)(H,46,50)(H,47,52)/t26-,28-,32+,33+,41-/m1/s1. The van der Waals surface area contributed by atoms with Crippen molar-refractivity contribution >= 4 is 45.6 Å². The van der Waals surface area contributed by atoms with Crippen molar-refractivity contribution in [2.24, 2.45) is 5.92 Å². The summed E-state index contributed by atoms with van der Waals surface area (Å²) in [4.78, 5) is 71.6. The van der Waals surface area contributed by atoms with Crippen molar-refractivity contribution in [3.63, 3.8) is 0 Å². The van der Waals surface area contributed by atoms with Gasteiger partial charge in [0.05, 0.1) is 18.8 Å². The summed E-state index contributed by atoms with van der Waals surface area (Å²) in [6.45, 7) is 3.79. The van der Waals surface area contributed by atoms with E-state index in [1.165, 1.54) is 34.1 Å². The van der Waals surface area contributed by atoms with Crippen LogP contribution in [-0.2, 0) is 47.0 Å². The molecule has 1 saturated heterocycles. The van der Waals surface area contributed by atoms with Gasteiger partial charge in [-0.2, -0.15) is 0 Å². The summed E-state index contributed by atoms with van der Waals surface area (Å²) in [5.74, 6) is -4.54. The van der Waals surface area contributed by atoms with Crippen molar-refractivity contribution in [3.05, 3.63) is 71.8 Å². The number of amides is 5. The van der Waals surface area contributed by atoms with Crippen LogP contribution in [0.15, 0.2) is 53.9 Å². The number of hydrogen-bond donors (Lipinski definition) is 4. The number of sulfonamides is 1. The molecule has 59 heavy (non-hydrogen) atoms. The Kier molecular flexibility index (Phi) is 12.4. The predicted molar refractivity (Wildman–Crippen MR) is 209 cm³/mol. The van der Waals surface area contributed by atoms with E-state index in [-0.39, 0.29) is 57.2 Å². The van der Waals surface area contributed by atoms with Crippen LogP contribution in [0.3, 0.4) is 0 Å². The third kappa shape index (κ3) is 9.16. The molecule has 0 bridgehead atoms. The summed E-state index contributed by atoms with van der Waals surface area (Å²) in [5.41, 5.74) is -1.11. The van der Waals surface area contributed by atoms with Crippen molar-refractivity contribution in [3.8, 4) is 0 Å². The Labute approximate surface area is 341 Å².